The third kappa shape index (κ3) is 2.92. The van der Waals surface area contributed by atoms with Crippen molar-refractivity contribution in [3.05, 3.63) is 30.1 Å². The second-order valence-electron chi connectivity index (χ2n) is 5.22. The number of carbonyl (C=O) groups excluding carboxylic acids is 2. The van der Waals surface area contributed by atoms with Gasteiger partial charge in [0.15, 0.2) is 0 Å². The average Bonchev–Trinajstić information content (AvgIpc) is 2.40. The Kier molecular flexibility index (Phi) is 3.83. The molecule has 1 fully saturated rings. The minimum Gasteiger partial charge on any atom is -0.352 e. The summed E-state index contributed by atoms with van der Waals surface area (Å²) in [6.07, 6.45) is 4.54. The Morgan fingerprint density at radius 1 is 1.53 bits per heavy atom. The van der Waals surface area contributed by atoms with E-state index in [-0.39, 0.29) is 11.8 Å². The van der Waals surface area contributed by atoms with Crippen molar-refractivity contribution in [2.75, 3.05) is 13.1 Å². The molecular weight excluding hydrogens is 242 g/mol. The van der Waals surface area contributed by atoms with Crippen LogP contribution in [0.3, 0.4) is 0 Å². The summed E-state index contributed by atoms with van der Waals surface area (Å²) in [6.45, 7) is 4.67. The number of pyridine rings is 1. The molecule has 0 saturated carbocycles. The minimum atomic E-state index is -0.760. The quantitative estimate of drug-likeness (QED) is 0.873. The molecule has 1 saturated heterocycles. The average molecular weight is 261 g/mol. The van der Waals surface area contributed by atoms with E-state index in [4.69, 9.17) is 0 Å². The Labute approximate surface area is 113 Å². The molecule has 0 atom stereocenters. The second kappa shape index (κ2) is 5.38. The highest BCUT2D eigenvalue weighted by atomic mass is 16.2. The van der Waals surface area contributed by atoms with Crippen LogP contribution in [0.2, 0.25) is 0 Å². The fourth-order valence-electron chi connectivity index (χ4n) is 2.27. The molecular formula is C14H19N3O2. The summed E-state index contributed by atoms with van der Waals surface area (Å²) in [5.74, 6) is -0.0721. The van der Waals surface area contributed by atoms with Gasteiger partial charge in [-0.2, -0.15) is 0 Å². The largest absolute Gasteiger partial charge is 0.352 e. The van der Waals surface area contributed by atoms with Crippen LogP contribution in [0.5, 0.6) is 0 Å². The molecule has 1 aliphatic rings. The number of piperazine rings is 1. The zero-order valence-corrected chi connectivity index (χ0v) is 11.3. The molecule has 0 radical (unpaired) electrons. The van der Waals surface area contributed by atoms with Crippen LogP contribution in [-0.2, 0) is 16.0 Å². The van der Waals surface area contributed by atoms with Crippen molar-refractivity contribution in [1.29, 1.82) is 0 Å². The highest BCUT2D eigenvalue weighted by Crippen LogP contribution is 2.19. The van der Waals surface area contributed by atoms with Gasteiger partial charge in [-0.25, -0.2) is 0 Å². The van der Waals surface area contributed by atoms with Crippen molar-refractivity contribution in [3.63, 3.8) is 0 Å². The highest BCUT2D eigenvalue weighted by molar-refractivity contribution is 5.91. The fraction of sp³-hybridized carbons (Fsp3) is 0.500. The SMILES string of the molecule is CC1(C)C(=O)NCCN1C(=O)CCc1cccnc1. The van der Waals surface area contributed by atoms with Crippen LogP contribution in [0.15, 0.2) is 24.5 Å². The zero-order valence-electron chi connectivity index (χ0n) is 11.3. The summed E-state index contributed by atoms with van der Waals surface area (Å²) < 4.78 is 0. The maximum Gasteiger partial charge on any atom is 0.245 e. The zero-order chi connectivity index (χ0) is 13.9. The molecule has 0 unspecified atom stereocenters. The van der Waals surface area contributed by atoms with E-state index in [0.717, 1.165) is 5.56 Å². The number of aryl methyl sites for hydroxylation is 1. The third-order valence-corrected chi connectivity index (χ3v) is 3.50. The first-order valence-corrected chi connectivity index (χ1v) is 6.49. The summed E-state index contributed by atoms with van der Waals surface area (Å²) in [5, 5.41) is 2.79. The van der Waals surface area contributed by atoms with Gasteiger partial charge in [0.05, 0.1) is 0 Å². The van der Waals surface area contributed by atoms with Crippen molar-refractivity contribution >= 4 is 11.8 Å². The first-order valence-electron chi connectivity index (χ1n) is 6.49. The lowest BCUT2D eigenvalue weighted by Gasteiger charge is -2.41. The number of nitrogens with one attached hydrogen (secondary N) is 1. The van der Waals surface area contributed by atoms with Gasteiger partial charge in [-0.1, -0.05) is 6.07 Å². The van der Waals surface area contributed by atoms with Crippen LogP contribution in [-0.4, -0.2) is 40.3 Å². The predicted molar refractivity (Wildman–Crippen MR) is 71.4 cm³/mol. The molecule has 2 rings (SSSR count). The number of amides is 2. The topological polar surface area (TPSA) is 62.3 Å². The molecule has 1 aliphatic heterocycles. The maximum absolute atomic E-state index is 12.3. The monoisotopic (exact) mass is 261 g/mol. The Hall–Kier alpha value is -1.91. The smallest absolute Gasteiger partial charge is 0.245 e. The molecule has 1 N–H and O–H groups in total. The van der Waals surface area contributed by atoms with Gasteiger partial charge in [0.2, 0.25) is 11.8 Å². The molecule has 5 heteroatoms. The first-order chi connectivity index (χ1) is 9.01. The molecule has 0 bridgehead atoms. The van der Waals surface area contributed by atoms with Gasteiger partial charge in [0.25, 0.3) is 0 Å². The van der Waals surface area contributed by atoms with Crippen LogP contribution >= 0.6 is 0 Å². The van der Waals surface area contributed by atoms with Gasteiger partial charge in [-0.15, -0.1) is 0 Å². The lowest BCUT2D eigenvalue weighted by Crippen LogP contribution is -2.63. The van der Waals surface area contributed by atoms with Crippen LogP contribution in [0.25, 0.3) is 0 Å². The van der Waals surface area contributed by atoms with E-state index >= 15 is 0 Å². The van der Waals surface area contributed by atoms with E-state index in [1.807, 2.05) is 12.1 Å². The third-order valence-electron chi connectivity index (χ3n) is 3.50. The van der Waals surface area contributed by atoms with Gasteiger partial charge < -0.3 is 10.2 Å². The highest BCUT2D eigenvalue weighted by Gasteiger charge is 2.39. The Morgan fingerprint density at radius 2 is 2.32 bits per heavy atom. The number of hydrogen-bond donors (Lipinski definition) is 1. The number of carbonyl (C=O) groups is 2. The summed E-state index contributed by atoms with van der Waals surface area (Å²) >= 11 is 0. The maximum atomic E-state index is 12.3. The predicted octanol–water partition coefficient (Wildman–Crippen LogP) is 0.751. The van der Waals surface area contributed by atoms with E-state index in [9.17, 15) is 9.59 Å². The van der Waals surface area contributed by atoms with Crippen molar-refractivity contribution in [1.82, 2.24) is 15.2 Å². The molecule has 1 aromatic heterocycles. The number of nitrogens with zero attached hydrogens (tertiary/aromatic N) is 2. The molecule has 19 heavy (non-hydrogen) atoms. The van der Waals surface area contributed by atoms with E-state index in [1.165, 1.54) is 0 Å². The number of hydrogen-bond acceptors (Lipinski definition) is 3. The second-order valence-corrected chi connectivity index (χ2v) is 5.22. The van der Waals surface area contributed by atoms with Gasteiger partial charge in [-0.05, 0) is 31.9 Å². The van der Waals surface area contributed by atoms with Gasteiger partial charge in [0, 0.05) is 31.9 Å². The van der Waals surface area contributed by atoms with Crippen LogP contribution in [0, 0.1) is 0 Å². The lowest BCUT2D eigenvalue weighted by atomic mass is 9.98. The summed E-state index contributed by atoms with van der Waals surface area (Å²) in [4.78, 5) is 29.7. The fourth-order valence-corrected chi connectivity index (χ4v) is 2.27. The van der Waals surface area contributed by atoms with E-state index in [1.54, 1.807) is 31.1 Å². The van der Waals surface area contributed by atoms with Crippen LogP contribution in [0.1, 0.15) is 25.8 Å². The summed E-state index contributed by atoms with van der Waals surface area (Å²) in [5.41, 5.74) is 0.277. The van der Waals surface area contributed by atoms with Crippen molar-refractivity contribution in [3.8, 4) is 0 Å². The number of aromatic nitrogens is 1. The van der Waals surface area contributed by atoms with Crippen molar-refractivity contribution in [2.24, 2.45) is 0 Å². The molecule has 102 valence electrons. The van der Waals surface area contributed by atoms with Crippen molar-refractivity contribution in [2.45, 2.75) is 32.2 Å². The molecule has 2 amide bonds. The molecule has 2 heterocycles. The molecule has 0 spiro atoms. The molecule has 5 nitrogen and oxygen atoms in total. The Balaban J connectivity index is 1.98. The Morgan fingerprint density at radius 3 is 3.00 bits per heavy atom. The van der Waals surface area contributed by atoms with E-state index < -0.39 is 5.54 Å². The lowest BCUT2D eigenvalue weighted by molar-refractivity contribution is -0.149. The standard InChI is InChI=1S/C14H19N3O2/c1-14(2)13(19)16-8-9-17(14)12(18)6-5-11-4-3-7-15-10-11/h3-4,7,10H,5-6,8-9H2,1-2H3,(H,16,19). The van der Waals surface area contributed by atoms with Crippen molar-refractivity contribution < 1.29 is 9.59 Å². The van der Waals surface area contributed by atoms with Gasteiger partial charge in [-0.3, -0.25) is 14.6 Å². The van der Waals surface area contributed by atoms with Crippen LogP contribution < -0.4 is 5.32 Å². The molecule has 0 aliphatic carbocycles. The summed E-state index contributed by atoms with van der Waals surface area (Å²) in [7, 11) is 0. The number of rotatable bonds is 3. The molecule has 0 aromatic carbocycles. The molecule has 1 aromatic rings. The Bertz CT molecular complexity index is 471. The van der Waals surface area contributed by atoms with Gasteiger partial charge >= 0.3 is 0 Å². The summed E-state index contributed by atoms with van der Waals surface area (Å²) in [6, 6.07) is 3.81. The first kappa shape index (κ1) is 13.5. The van der Waals surface area contributed by atoms with E-state index in [2.05, 4.69) is 10.3 Å². The minimum absolute atomic E-state index is 0.0173. The normalized spacial score (nSPS) is 18.0. The van der Waals surface area contributed by atoms with Crippen LogP contribution in [0.4, 0.5) is 0 Å². The van der Waals surface area contributed by atoms with Gasteiger partial charge in [0.1, 0.15) is 5.54 Å². The van der Waals surface area contributed by atoms with E-state index in [0.29, 0.717) is 25.9 Å².